The largest absolute Gasteiger partial charge is 0.444 e. The number of ether oxygens (including phenoxy) is 1. The number of nitrogens with one attached hydrogen (secondary N) is 1. The summed E-state index contributed by atoms with van der Waals surface area (Å²) in [6.45, 7) is 0.148. The third-order valence-electron chi connectivity index (χ3n) is 4.74. The van der Waals surface area contributed by atoms with Crippen molar-refractivity contribution in [2.24, 2.45) is 4.40 Å². The summed E-state index contributed by atoms with van der Waals surface area (Å²) in [6.07, 6.45) is 2.97. The van der Waals surface area contributed by atoms with Crippen LogP contribution in [-0.2, 0) is 24.3 Å². The lowest BCUT2D eigenvalue weighted by molar-refractivity contribution is -0.150. The molecule has 2 aliphatic rings. The first-order valence-corrected chi connectivity index (χ1v) is 11.2. The van der Waals surface area contributed by atoms with E-state index in [-0.39, 0.29) is 23.7 Å². The van der Waals surface area contributed by atoms with E-state index in [1.807, 2.05) is 0 Å². The number of hydrogen-bond acceptors (Lipinski definition) is 6. The molecule has 2 aromatic rings. The van der Waals surface area contributed by atoms with Crippen LogP contribution < -0.4 is 5.32 Å². The summed E-state index contributed by atoms with van der Waals surface area (Å²) >= 11 is 0. The van der Waals surface area contributed by atoms with Gasteiger partial charge in [-0.05, 0) is 36.4 Å². The number of amidine groups is 1. The number of sulfonamides is 1. The van der Waals surface area contributed by atoms with Crippen LogP contribution in [0.5, 0.6) is 0 Å². The van der Waals surface area contributed by atoms with Crippen LogP contribution in [0.1, 0.15) is 11.7 Å². The molecule has 1 atom stereocenters. The Morgan fingerprint density at radius 1 is 1.06 bits per heavy atom. The molecule has 1 amide bonds. The SMILES string of the molecule is O=C(O[C@H](C(=O)Nc1ccc(F)cc1)c1ccccc1)C1=CN2CCS(=O)(=O)N=C2C=C1. The van der Waals surface area contributed by atoms with Crippen molar-refractivity contribution in [3.05, 3.63) is 89.9 Å². The minimum Gasteiger partial charge on any atom is -0.444 e. The summed E-state index contributed by atoms with van der Waals surface area (Å²) in [5.74, 6) is -1.78. The van der Waals surface area contributed by atoms with Gasteiger partial charge in [0.1, 0.15) is 11.7 Å². The van der Waals surface area contributed by atoms with E-state index < -0.39 is 33.8 Å². The number of halogens is 1. The standard InChI is InChI=1S/C22H18FN3O5S/c23-17-7-9-18(10-8-17)24-21(27)20(15-4-2-1-3-5-15)31-22(28)16-6-11-19-25-32(29,30)13-12-26(19)14-16/h1-11,14,20H,12-13H2,(H,24,27)/t20-/m0/s1. The third kappa shape index (κ3) is 4.92. The van der Waals surface area contributed by atoms with Gasteiger partial charge in [-0.2, -0.15) is 0 Å². The molecule has 0 spiro atoms. The first kappa shape index (κ1) is 21.4. The van der Waals surface area contributed by atoms with Crippen LogP contribution in [0.15, 0.2) is 82.9 Å². The minimum absolute atomic E-state index is 0.138. The molecule has 0 unspecified atom stereocenters. The third-order valence-corrected chi connectivity index (χ3v) is 5.90. The first-order valence-electron chi connectivity index (χ1n) is 9.62. The molecule has 1 N–H and O–H groups in total. The van der Waals surface area contributed by atoms with Gasteiger partial charge in [-0.25, -0.2) is 17.6 Å². The van der Waals surface area contributed by atoms with Crippen molar-refractivity contribution in [3.63, 3.8) is 0 Å². The number of carbonyl (C=O) groups excluding carboxylic acids is 2. The number of nitrogens with zero attached hydrogens (tertiary/aromatic N) is 2. The van der Waals surface area contributed by atoms with Crippen LogP contribution in [-0.4, -0.2) is 43.3 Å². The maximum Gasteiger partial charge on any atom is 0.340 e. The van der Waals surface area contributed by atoms with Gasteiger partial charge in [0, 0.05) is 24.0 Å². The highest BCUT2D eigenvalue weighted by molar-refractivity contribution is 7.90. The van der Waals surface area contributed by atoms with E-state index in [9.17, 15) is 22.4 Å². The van der Waals surface area contributed by atoms with Gasteiger partial charge in [-0.3, -0.25) is 4.79 Å². The average Bonchev–Trinajstić information content (AvgIpc) is 2.78. The van der Waals surface area contributed by atoms with Crippen molar-refractivity contribution in [1.82, 2.24) is 4.90 Å². The molecule has 0 aliphatic carbocycles. The summed E-state index contributed by atoms with van der Waals surface area (Å²) in [7, 11) is -3.52. The Balaban J connectivity index is 1.54. The zero-order valence-corrected chi connectivity index (χ0v) is 17.5. The molecule has 0 saturated heterocycles. The normalized spacial score (nSPS) is 17.5. The van der Waals surface area contributed by atoms with Gasteiger partial charge >= 0.3 is 5.97 Å². The van der Waals surface area contributed by atoms with Crippen molar-refractivity contribution in [2.75, 3.05) is 17.6 Å². The number of benzene rings is 2. The molecule has 0 bridgehead atoms. The van der Waals surface area contributed by atoms with E-state index in [0.29, 0.717) is 11.3 Å². The van der Waals surface area contributed by atoms with Gasteiger partial charge in [-0.1, -0.05) is 30.3 Å². The van der Waals surface area contributed by atoms with Gasteiger partial charge in [0.2, 0.25) is 6.10 Å². The van der Waals surface area contributed by atoms with Crippen molar-refractivity contribution >= 4 is 33.4 Å². The maximum atomic E-state index is 13.1. The van der Waals surface area contributed by atoms with Gasteiger partial charge in [0.05, 0.1) is 11.3 Å². The monoisotopic (exact) mass is 455 g/mol. The summed E-state index contributed by atoms with van der Waals surface area (Å²) in [4.78, 5) is 27.3. The Morgan fingerprint density at radius 2 is 1.78 bits per heavy atom. The van der Waals surface area contributed by atoms with Crippen molar-refractivity contribution in [1.29, 1.82) is 0 Å². The molecular formula is C22H18FN3O5S. The quantitative estimate of drug-likeness (QED) is 0.695. The zero-order chi connectivity index (χ0) is 22.7. The highest BCUT2D eigenvalue weighted by Gasteiger charge is 2.29. The Kier molecular flexibility index (Phi) is 5.87. The van der Waals surface area contributed by atoms with E-state index in [2.05, 4.69) is 9.71 Å². The van der Waals surface area contributed by atoms with Crippen LogP contribution in [0.3, 0.4) is 0 Å². The molecule has 2 heterocycles. The summed E-state index contributed by atoms with van der Waals surface area (Å²) in [5, 5.41) is 2.61. The highest BCUT2D eigenvalue weighted by atomic mass is 32.2. The first-order chi connectivity index (χ1) is 15.3. The smallest absolute Gasteiger partial charge is 0.340 e. The fraction of sp³-hybridized carbons (Fsp3) is 0.136. The molecule has 2 aliphatic heterocycles. The zero-order valence-electron chi connectivity index (χ0n) is 16.6. The lowest BCUT2D eigenvalue weighted by Crippen LogP contribution is -2.37. The molecule has 164 valence electrons. The van der Waals surface area contributed by atoms with E-state index >= 15 is 0 Å². The number of carbonyl (C=O) groups is 2. The van der Waals surface area contributed by atoms with Gasteiger partial charge in [0.15, 0.2) is 0 Å². The molecule has 2 aromatic carbocycles. The van der Waals surface area contributed by atoms with Crippen molar-refractivity contribution < 1.29 is 27.1 Å². The predicted molar refractivity (Wildman–Crippen MR) is 115 cm³/mol. The second-order valence-electron chi connectivity index (χ2n) is 7.04. The molecule has 4 rings (SSSR count). The van der Waals surface area contributed by atoms with Crippen LogP contribution in [0, 0.1) is 5.82 Å². The van der Waals surface area contributed by atoms with Crippen molar-refractivity contribution in [2.45, 2.75) is 6.10 Å². The molecule has 32 heavy (non-hydrogen) atoms. The fourth-order valence-corrected chi connectivity index (χ4v) is 4.11. The lowest BCUT2D eigenvalue weighted by Gasteiger charge is -2.27. The van der Waals surface area contributed by atoms with E-state index in [0.717, 1.165) is 0 Å². The molecule has 0 saturated carbocycles. The molecule has 0 aromatic heterocycles. The molecular weight excluding hydrogens is 437 g/mol. The summed E-state index contributed by atoms with van der Waals surface area (Å²) < 4.78 is 45.6. The number of hydrogen-bond donors (Lipinski definition) is 1. The molecule has 10 heteroatoms. The Hall–Kier alpha value is -3.79. The molecule has 8 nitrogen and oxygen atoms in total. The van der Waals surface area contributed by atoms with E-state index in [1.165, 1.54) is 47.5 Å². The summed E-state index contributed by atoms with van der Waals surface area (Å²) in [6, 6.07) is 13.7. The van der Waals surface area contributed by atoms with Crippen LogP contribution in [0.25, 0.3) is 0 Å². The summed E-state index contributed by atoms with van der Waals surface area (Å²) in [5.41, 5.74) is 0.937. The lowest BCUT2D eigenvalue weighted by atomic mass is 10.1. The van der Waals surface area contributed by atoms with Crippen LogP contribution >= 0.6 is 0 Å². The Labute approximate surface area is 183 Å². The van der Waals surface area contributed by atoms with Crippen LogP contribution in [0.2, 0.25) is 0 Å². The Morgan fingerprint density at radius 3 is 2.50 bits per heavy atom. The predicted octanol–water partition coefficient (Wildman–Crippen LogP) is 2.55. The van der Waals surface area contributed by atoms with Gasteiger partial charge in [0.25, 0.3) is 15.9 Å². The van der Waals surface area contributed by atoms with Crippen molar-refractivity contribution in [3.8, 4) is 0 Å². The number of rotatable bonds is 5. The van der Waals surface area contributed by atoms with Gasteiger partial charge < -0.3 is 15.0 Å². The second kappa shape index (κ2) is 8.75. The molecule has 0 fully saturated rings. The number of fused-ring (bicyclic) bond motifs is 1. The topological polar surface area (TPSA) is 105 Å². The van der Waals surface area contributed by atoms with E-state index in [1.54, 1.807) is 30.3 Å². The molecule has 0 radical (unpaired) electrons. The number of amides is 1. The number of anilines is 1. The average molecular weight is 455 g/mol. The van der Waals surface area contributed by atoms with Crippen LogP contribution in [0.4, 0.5) is 10.1 Å². The maximum absolute atomic E-state index is 13.1. The number of esters is 1. The Bertz CT molecular complexity index is 1240. The highest BCUT2D eigenvalue weighted by Crippen LogP contribution is 2.24. The van der Waals surface area contributed by atoms with Gasteiger partial charge in [-0.15, -0.1) is 4.40 Å². The fourth-order valence-electron chi connectivity index (χ4n) is 3.14. The van der Waals surface area contributed by atoms with E-state index in [4.69, 9.17) is 4.74 Å². The second-order valence-corrected chi connectivity index (χ2v) is 8.79. The minimum atomic E-state index is -3.52.